The molecule has 22 heavy (non-hydrogen) atoms. The molecule has 0 unspecified atom stereocenters. The lowest BCUT2D eigenvalue weighted by Gasteiger charge is -2.10. The molecule has 3 rings (SSSR count). The van der Waals surface area contributed by atoms with E-state index in [4.69, 9.17) is 0 Å². The molecule has 0 saturated carbocycles. The summed E-state index contributed by atoms with van der Waals surface area (Å²) in [6.45, 7) is 7.55. The van der Waals surface area contributed by atoms with Crippen molar-refractivity contribution in [3.05, 3.63) is 58.9 Å². The molecule has 0 atom stereocenters. The highest BCUT2D eigenvalue weighted by Crippen LogP contribution is 2.26. The van der Waals surface area contributed by atoms with Crippen LogP contribution < -0.4 is 0 Å². The van der Waals surface area contributed by atoms with Gasteiger partial charge in [0.1, 0.15) is 5.82 Å². The molecule has 0 fully saturated rings. The van der Waals surface area contributed by atoms with Gasteiger partial charge in [-0.05, 0) is 57.0 Å². The number of aromatic nitrogens is 2. The summed E-state index contributed by atoms with van der Waals surface area (Å²) in [7, 11) is -3.65. The van der Waals surface area contributed by atoms with Gasteiger partial charge in [-0.3, -0.25) is 0 Å². The van der Waals surface area contributed by atoms with Crippen molar-refractivity contribution < 1.29 is 8.42 Å². The summed E-state index contributed by atoms with van der Waals surface area (Å²) < 4.78 is 27.4. The third-order valence-corrected chi connectivity index (χ3v) is 5.56. The Hall–Kier alpha value is -2.14. The fourth-order valence-corrected chi connectivity index (χ4v) is 4.34. The largest absolute Gasteiger partial charge is 0.269 e. The van der Waals surface area contributed by atoms with Gasteiger partial charge < -0.3 is 0 Å². The quantitative estimate of drug-likeness (QED) is 0.727. The van der Waals surface area contributed by atoms with Crippen LogP contribution in [0.25, 0.3) is 11.0 Å². The van der Waals surface area contributed by atoms with E-state index in [2.05, 4.69) is 4.98 Å². The fourth-order valence-electron chi connectivity index (χ4n) is 2.78. The number of aryl methyl sites for hydroxylation is 4. The van der Waals surface area contributed by atoms with Crippen LogP contribution in [0.2, 0.25) is 0 Å². The second-order valence-electron chi connectivity index (χ2n) is 5.69. The number of nitrogens with zero attached hydrogens (tertiary/aromatic N) is 2. The van der Waals surface area contributed by atoms with Gasteiger partial charge in [0, 0.05) is 0 Å². The summed E-state index contributed by atoms with van der Waals surface area (Å²) in [6, 6.07) is 10.8. The molecule has 0 aliphatic heterocycles. The SMILES string of the molecule is Cc1ccc(S(=O)(=O)n2c(C)nc3cc(C)cc(C)c32)cc1. The smallest absolute Gasteiger partial charge is 0.232 e. The van der Waals surface area contributed by atoms with E-state index < -0.39 is 10.0 Å². The number of hydrogen-bond donors (Lipinski definition) is 0. The van der Waals surface area contributed by atoms with Gasteiger partial charge in [0.05, 0.1) is 15.9 Å². The molecule has 5 heteroatoms. The van der Waals surface area contributed by atoms with E-state index in [1.807, 2.05) is 32.9 Å². The average Bonchev–Trinajstić information content (AvgIpc) is 2.76. The van der Waals surface area contributed by atoms with Crippen LogP contribution in [0.4, 0.5) is 0 Å². The zero-order valence-electron chi connectivity index (χ0n) is 13.1. The van der Waals surface area contributed by atoms with Crippen molar-refractivity contribution in [1.82, 2.24) is 8.96 Å². The molecule has 0 aliphatic carbocycles. The first-order valence-corrected chi connectivity index (χ1v) is 8.53. The molecule has 4 nitrogen and oxygen atoms in total. The zero-order chi connectivity index (χ0) is 16.1. The van der Waals surface area contributed by atoms with Crippen LogP contribution in [0.5, 0.6) is 0 Å². The van der Waals surface area contributed by atoms with Crippen LogP contribution in [-0.4, -0.2) is 17.4 Å². The Balaban J connectivity index is 2.34. The molecule has 1 aromatic heterocycles. The van der Waals surface area contributed by atoms with E-state index in [0.29, 0.717) is 16.9 Å². The molecule has 2 aromatic carbocycles. The Morgan fingerprint density at radius 1 is 0.909 bits per heavy atom. The maximum atomic E-state index is 13.0. The maximum Gasteiger partial charge on any atom is 0.269 e. The summed E-state index contributed by atoms with van der Waals surface area (Å²) in [5.41, 5.74) is 4.38. The maximum absolute atomic E-state index is 13.0. The van der Waals surface area contributed by atoms with Gasteiger partial charge >= 0.3 is 0 Å². The predicted molar refractivity (Wildman–Crippen MR) is 87.7 cm³/mol. The first-order chi connectivity index (χ1) is 10.3. The van der Waals surface area contributed by atoms with Gasteiger partial charge in [-0.1, -0.05) is 23.8 Å². The third-order valence-electron chi connectivity index (χ3n) is 3.76. The lowest BCUT2D eigenvalue weighted by molar-refractivity contribution is 0.587. The number of benzene rings is 2. The molecular weight excluding hydrogens is 296 g/mol. The Morgan fingerprint density at radius 2 is 1.55 bits per heavy atom. The highest BCUT2D eigenvalue weighted by molar-refractivity contribution is 7.90. The van der Waals surface area contributed by atoms with Gasteiger partial charge in [-0.25, -0.2) is 17.4 Å². The molecule has 0 bridgehead atoms. The van der Waals surface area contributed by atoms with E-state index in [0.717, 1.165) is 16.7 Å². The molecule has 114 valence electrons. The first-order valence-electron chi connectivity index (χ1n) is 7.09. The van der Waals surface area contributed by atoms with Crippen LogP contribution in [0.3, 0.4) is 0 Å². The van der Waals surface area contributed by atoms with Gasteiger partial charge in [0.2, 0.25) is 0 Å². The Bertz CT molecular complexity index is 968. The molecule has 0 saturated heterocycles. The monoisotopic (exact) mass is 314 g/mol. The summed E-state index contributed by atoms with van der Waals surface area (Å²) in [4.78, 5) is 4.71. The lowest BCUT2D eigenvalue weighted by atomic mass is 10.1. The molecule has 0 spiro atoms. The molecule has 3 aromatic rings. The molecule has 1 heterocycles. The van der Waals surface area contributed by atoms with Crippen molar-refractivity contribution in [3.63, 3.8) is 0 Å². The van der Waals surface area contributed by atoms with E-state index in [9.17, 15) is 8.42 Å². The number of fused-ring (bicyclic) bond motifs is 1. The number of hydrogen-bond acceptors (Lipinski definition) is 3. The molecular formula is C17H18N2O2S. The first kappa shape index (κ1) is 14.8. The van der Waals surface area contributed by atoms with Crippen LogP contribution in [-0.2, 0) is 10.0 Å². The van der Waals surface area contributed by atoms with Crippen LogP contribution in [0.15, 0.2) is 41.3 Å². The summed E-state index contributed by atoms with van der Waals surface area (Å²) in [6.07, 6.45) is 0. The lowest BCUT2D eigenvalue weighted by Crippen LogP contribution is -2.15. The Labute approximate surface area is 130 Å². The van der Waals surface area contributed by atoms with Crippen LogP contribution >= 0.6 is 0 Å². The standard InChI is InChI=1S/C17H18N2O2S/c1-11-5-7-15(8-6-11)22(20,21)19-14(4)18-16-10-12(2)9-13(3)17(16)19/h5-10H,1-4H3. The van der Waals surface area contributed by atoms with Gasteiger partial charge in [-0.2, -0.15) is 0 Å². The van der Waals surface area contributed by atoms with Gasteiger partial charge in [0.25, 0.3) is 10.0 Å². The molecule has 0 radical (unpaired) electrons. The zero-order valence-corrected chi connectivity index (χ0v) is 13.9. The second-order valence-corrected chi connectivity index (χ2v) is 7.48. The van der Waals surface area contributed by atoms with Crippen molar-refractivity contribution in [2.45, 2.75) is 32.6 Å². The van der Waals surface area contributed by atoms with Crippen molar-refractivity contribution in [2.75, 3.05) is 0 Å². The van der Waals surface area contributed by atoms with Crippen molar-refractivity contribution in [1.29, 1.82) is 0 Å². The topological polar surface area (TPSA) is 52.0 Å². The summed E-state index contributed by atoms with van der Waals surface area (Å²) >= 11 is 0. The molecule has 0 amide bonds. The summed E-state index contributed by atoms with van der Waals surface area (Å²) in [5, 5.41) is 0. The van der Waals surface area contributed by atoms with Crippen molar-refractivity contribution in [3.8, 4) is 0 Å². The van der Waals surface area contributed by atoms with E-state index in [1.54, 1.807) is 31.2 Å². The minimum atomic E-state index is -3.65. The molecule has 0 N–H and O–H groups in total. The predicted octanol–water partition coefficient (Wildman–Crippen LogP) is 3.51. The van der Waals surface area contributed by atoms with Crippen molar-refractivity contribution in [2.24, 2.45) is 0 Å². The Kier molecular flexibility index (Phi) is 3.33. The minimum Gasteiger partial charge on any atom is -0.232 e. The Morgan fingerprint density at radius 3 is 2.18 bits per heavy atom. The highest BCUT2D eigenvalue weighted by Gasteiger charge is 2.23. The van der Waals surface area contributed by atoms with E-state index in [1.165, 1.54) is 3.97 Å². The van der Waals surface area contributed by atoms with Crippen LogP contribution in [0.1, 0.15) is 22.5 Å². The number of imidazole rings is 1. The van der Waals surface area contributed by atoms with Crippen molar-refractivity contribution >= 4 is 21.1 Å². The van der Waals surface area contributed by atoms with Gasteiger partial charge in [-0.15, -0.1) is 0 Å². The van der Waals surface area contributed by atoms with Crippen LogP contribution in [0, 0.1) is 27.7 Å². The second kappa shape index (κ2) is 4.95. The summed E-state index contributed by atoms with van der Waals surface area (Å²) in [5.74, 6) is 0.476. The fraction of sp³-hybridized carbons (Fsp3) is 0.235. The van der Waals surface area contributed by atoms with E-state index in [-0.39, 0.29) is 4.90 Å². The number of rotatable bonds is 2. The van der Waals surface area contributed by atoms with Gasteiger partial charge in [0.15, 0.2) is 0 Å². The highest BCUT2D eigenvalue weighted by atomic mass is 32.2. The average molecular weight is 314 g/mol. The third kappa shape index (κ3) is 2.22. The van der Waals surface area contributed by atoms with E-state index >= 15 is 0 Å². The molecule has 0 aliphatic rings. The normalized spacial score (nSPS) is 12.0. The minimum absolute atomic E-state index is 0.278.